The number of carbonyl (C=O) groups excluding carboxylic acids is 2. The molecular weight excluding hydrogens is 338 g/mol. The zero-order chi connectivity index (χ0) is 18.7. The number of para-hydroxylation sites is 1. The Morgan fingerprint density at radius 1 is 1.12 bits per heavy atom. The standard InChI is InChI=1S/C18H21N3O5/c1-2-26-18(25)21-9-7-20(8-10-21)15(22)11-13-12-5-3-4-6-14(12)19-16(13)17(23)24/h3-6,19H,2,7-11H2,1H3,(H,23,24). The van der Waals surface area contributed by atoms with Crippen LogP contribution in [0.25, 0.3) is 10.9 Å². The van der Waals surface area contributed by atoms with E-state index < -0.39 is 5.97 Å². The van der Waals surface area contributed by atoms with Gasteiger partial charge in [0.2, 0.25) is 5.91 Å². The molecular formula is C18H21N3O5. The van der Waals surface area contributed by atoms with Crippen LogP contribution in [-0.2, 0) is 16.0 Å². The average Bonchev–Trinajstić information content (AvgIpc) is 3.01. The van der Waals surface area contributed by atoms with Crippen LogP contribution in [0.3, 0.4) is 0 Å². The van der Waals surface area contributed by atoms with Crippen molar-refractivity contribution in [1.29, 1.82) is 0 Å². The van der Waals surface area contributed by atoms with Crippen molar-refractivity contribution >= 4 is 28.9 Å². The lowest BCUT2D eigenvalue weighted by molar-refractivity contribution is -0.132. The average molecular weight is 359 g/mol. The van der Waals surface area contributed by atoms with Gasteiger partial charge in [-0.05, 0) is 13.0 Å². The molecule has 1 fully saturated rings. The fraction of sp³-hybridized carbons (Fsp3) is 0.389. The Balaban J connectivity index is 1.71. The van der Waals surface area contributed by atoms with Gasteiger partial charge >= 0.3 is 12.1 Å². The highest BCUT2D eigenvalue weighted by molar-refractivity contribution is 6.00. The first kappa shape index (κ1) is 17.8. The van der Waals surface area contributed by atoms with Gasteiger partial charge in [-0.2, -0.15) is 0 Å². The van der Waals surface area contributed by atoms with E-state index in [1.54, 1.807) is 28.9 Å². The van der Waals surface area contributed by atoms with Crippen LogP contribution in [0, 0.1) is 0 Å². The maximum Gasteiger partial charge on any atom is 0.409 e. The molecule has 0 atom stereocenters. The molecule has 2 aromatic rings. The van der Waals surface area contributed by atoms with Gasteiger partial charge in [0.05, 0.1) is 13.0 Å². The predicted molar refractivity (Wildman–Crippen MR) is 94.1 cm³/mol. The molecule has 26 heavy (non-hydrogen) atoms. The number of aromatic amines is 1. The summed E-state index contributed by atoms with van der Waals surface area (Å²) >= 11 is 0. The molecule has 2 heterocycles. The highest BCUT2D eigenvalue weighted by Gasteiger charge is 2.27. The first-order chi connectivity index (χ1) is 12.5. The van der Waals surface area contributed by atoms with Gasteiger partial charge in [-0.3, -0.25) is 4.79 Å². The summed E-state index contributed by atoms with van der Waals surface area (Å²) in [6, 6.07) is 7.21. The van der Waals surface area contributed by atoms with Crippen molar-refractivity contribution in [2.75, 3.05) is 32.8 Å². The SMILES string of the molecule is CCOC(=O)N1CCN(C(=O)Cc2c(C(=O)O)[nH]c3ccccc23)CC1. The van der Waals surface area contributed by atoms with Gasteiger partial charge in [-0.1, -0.05) is 18.2 Å². The van der Waals surface area contributed by atoms with E-state index in [1.165, 1.54) is 0 Å². The van der Waals surface area contributed by atoms with Gasteiger partial charge in [0.1, 0.15) is 5.69 Å². The number of carboxylic acid groups (broad SMARTS) is 1. The molecule has 1 saturated heterocycles. The molecule has 2 amide bonds. The lowest BCUT2D eigenvalue weighted by Crippen LogP contribution is -2.51. The lowest BCUT2D eigenvalue weighted by atomic mass is 10.1. The first-order valence-electron chi connectivity index (χ1n) is 8.53. The number of aromatic nitrogens is 1. The fourth-order valence-electron chi connectivity index (χ4n) is 3.18. The van der Waals surface area contributed by atoms with Gasteiger partial charge in [0, 0.05) is 42.6 Å². The Morgan fingerprint density at radius 3 is 2.42 bits per heavy atom. The normalized spacial score (nSPS) is 14.5. The largest absolute Gasteiger partial charge is 0.477 e. The van der Waals surface area contributed by atoms with E-state index in [9.17, 15) is 19.5 Å². The Labute approximate surface area is 150 Å². The number of fused-ring (bicyclic) bond motifs is 1. The van der Waals surface area contributed by atoms with E-state index in [0.717, 1.165) is 5.39 Å². The highest BCUT2D eigenvalue weighted by atomic mass is 16.6. The van der Waals surface area contributed by atoms with E-state index >= 15 is 0 Å². The minimum atomic E-state index is -1.09. The lowest BCUT2D eigenvalue weighted by Gasteiger charge is -2.34. The van der Waals surface area contributed by atoms with E-state index in [2.05, 4.69) is 4.98 Å². The molecule has 0 saturated carbocycles. The number of hydrogen-bond donors (Lipinski definition) is 2. The zero-order valence-electron chi connectivity index (χ0n) is 14.5. The summed E-state index contributed by atoms with van der Waals surface area (Å²) in [6.45, 7) is 3.69. The third-order valence-electron chi connectivity index (χ3n) is 4.51. The van der Waals surface area contributed by atoms with E-state index in [4.69, 9.17) is 4.74 Å². The molecule has 3 rings (SSSR count). The Bertz CT molecular complexity index is 836. The van der Waals surface area contributed by atoms with Crippen molar-refractivity contribution < 1.29 is 24.2 Å². The van der Waals surface area contributed by atoms with Gasteiger partial charge in [0.15, 0.2) is 0 Å². The summed E-state index contributed by atoms with van der Waals surface area (Å²) < 4.78 is 4.97. The smallest absolute Gasteiger partial charge is 0.409 e. The number of rotatable bonds is 4. The summed E-state index contributed by atoms with van der Waals surface area (Å²) in [5, 5.41) is 10.2. The summed E-state index contributed by atoms with van der Waals surface area (Å²) in [5.74, 6) is -1.24. The second kappa shape index (κ2) is 7.47. The van der Waals surface area contributed by atoms with Crippen LogP contribution >= 0.6 is 0 Å². The third kappa shape index (κ3) is 3.49. The maximum atomic E-state index is 12.7. The summed E-state index contributed by atoms with van der Waals surface area (Å²) in [5.41, 5.74) is 1.23. The summed E-state index contributed by atoms with van der Waals surface area (Å²) in [7, 11) is 0. The molecule has 0 aliphatic carbocycles. The molecule has 0 radical (unpaired) electrons. The number of hydrogen-bond acceptors (Lipinski definition) is 4. The van der Waals surface area contributed by atoms with Crippen LogP contribution in [0.4, 0.5) is 4.79 Å². The molecule has 138 valence electrons. The molecule has 1 aliphatic heterocycles. The number of aromatic carboxylic acids is 1. The number of H-pyrrole nitrogens is 1. The topological polar surface area (TPSA) is 103 Å². The molecule has 0 spiro atoms. The van der Waals surface area contributed by atoms with Crippen LogP contribution in [0.5, 0.6) is 0 Å². The van der Waals surface area contributed by atoms with Crippen molar-refractivity contribution in [2.45, 2.75) is 13.3 Å². The van der Waals surface area contributed by atoms with Gasteiger partial charge in [-0.25, -0.2) is 9.59 Å². The number of ether oxygens (including phenoxy) is 1. The number of nitrogens with zero attached hydrogens (tertiary/aromatic N) is 2. The predicted octanol–water partition coefficient (Wildman–Crippen LogP) is 1.71. The third-order valence-corrected chi connectivity index (χ3v) is 4.51. The number of carboxylic acids is 1. The van der Waals surface area contributed by atoms with E-state index in [-0.39, 0.29) is 24.1 Å². The Kier molecular flexibility index (Phi) is 5.11. The van der Waals surface area contributed by atoms with Crippen LogP contribution < -0.4 is 0 Å². The summed E-state index contributed by atoms with van der Waals surface area (Å²) in [4.78, 5) is 42.0. The first-order valence-corrected chi connectivity index (χ1v) is 8.53. The van der Waals surface area contributed by atoms with Crippen LogP contribution in [-0.4, -0.2) is 70.6 Å². The second-order valence-electron chi connectivity index (χ2n) is 6.07. The molecule has 1 aromatic carbocycles. The van der Waals surface area contributed by atoms with Crippen LogP contribution in [0.15, 0.2) is 24.3 Å². The molecule has 1 aromatic heterocycles. The van der Waals surface area contributed by atoms with Gasteiger partial charge in [0.25, 0.3) is 0 Å². The number of piperazine rings is 1. The molecule has 2 N–H and O–H groups in total. The zero-order valence-corrected chi connectivity index (χ0v) is 14.5. The highest BCUT2D eigenvalue weighted by Crippen LogP contribution is 2.24. The maximum absolute atomic E-state index is 12.7. The second-order valence-corrected chi connectivity index (χ2v) is 6.07. The fourth-order valence-corrected chi connectivity index (χ4v) is 3.18. The molecule has 0 unspecified atom stereocenters. The number of carbonyl (C=O) groups is 3. The van der Waals surface area contributed by atoms with Crippen molar-refractivity contribution in [3.63, 3.8) is 0 Å². The van der Waals surface area contributed by atoms with E-state index in [0.29, 0.717) is 43.9 Å². The van der Waals surface area contributed by atoms with Crippen molar-refractivity contribution in [3.05, 3.63) is 35.5 Å². The van der Waals surface area contributed by atoms with Gasteiger partial charge < -0.3 is 24.6 Å². The van der Waals surface area contributed by atoms with Crippen LogP contribution in [0.1, 0.15) is 23.0 Å². The van der Waals surface area contributed by atoms with Crippen molar-refractivity contribution in [3.8, 4) is 0 Å². The summed E-state index contributed by atoms with van der Waals surface area (Å²) in [6.07, 6.45) is -0.366. The number of nitrogens with one attached hydrogen (secondary N) is 1. The molecule has 8 heteroatoms. The van der Waals surface area contributed by atoms with Crippen LogP contribution in [0.2, 0.25) is 0 Å². The molecule has 1 aliphatic rings. The molecule has 0 bridgehead atoms. The van der Waals surface area contributed by atoms with Gasteiger partial charge in [-0.15, -0.1) is 0 Å². The van der Waals surface area contributed by atoms with Crippen molar-refractivity contribution in [1.82, 2.24) is 14.8 Å². The Hall–Kier alpha value is -3.03. The van der Waals surface area contributed by atoms with Crippen molar-refractivity contribution in [2.24, 2.45) is 0 Å². The minimum Gasteiger partial charge on any atom is -0.477 e. The van der Waals surface area contributed by atoms with E-state index in [1.807, 2.05) is 12.1 Å². The number of benzene rings is 1. The quantitative estimate of drug-likeness (QED) is 0.865. The minimum absolute atomic E-state index is 0.00501. The monoisotopic (exact) mass is 359 g/mol. The number of amides is 2. The molecule has 8 nitrogen and oxygen atoms in total. The Morgan fingerprint density at radius 2 is 1.77 bits per heavy atom.